The number of pyridine rings is 2. The Morgan fingerprint density at radius 2 is 2.13 bits per heavy atom. The quantitative estimate of drug-likeness (QED) is 0.403. The highest BCUT2D eigenvalue weighted by atomic mass is 35.5. The monoisotopic (exact) mass is 426 g/mol. The van der Waals surface area contributed by atoms with Gasteiger partial charge in [-0.1, -0.05) is 11.6 Å². The number of carbonyl (C=O) groups excluding carboxylic acids is 1. The number of fused-ring (bicyclic) bond motifs is 2. The van der Waals surface area contributed by atoms with Gasteiger partial charge in [0.1, 0.15) is 5.15 Å². The first-order chi connectivity index (χ1) is 14.4. The lowest BCUT2D eigenvalue weighted by Gasteiger charge is -2.33. The second-order valence-electron chi connectivity index (χ2n) is 7.70. The predicted molar refractivity (Wildman–Crippen MR) is 113 cm³/mol. The maximum absolute atomic E-state index is 14.4. The van der Waals surface area contributed by atoms with Crippen LogP contribution in [0, 0.1) is 12.7 Å². The van der Waals surface area contributed by atoms with Gasteiger partial charge in [-0.05, 0) is 32.0 Å². The van der Waals surface area contributed by atoms with E-state index in [2.05, 4.69) is 27.1 Å². The predicted octanol–water partition coefficient (Wildman–Crippen LogP) is 3.11. The second-order valence-corrected chi connectivity index (χ2v) is 8.09. The van der Waals surface area contributed by atoms with Crippen LogP contribution >= 0.6 is 11.6 Å². The molecule has 1 fully saturated rings. The van der Waals surface area contributed by atoms with E-state index in [1.54, 1.807) is 29.9 Å². The number of ketones is 1. The highest BCUT2D eigenvalue weighted by Crippen LogP contribution is 2.26. The number of halogens is 2. The summed E-state index contributed by atoms with van der Waals surface area (Å²) in [7, 11) is 0. The van der Waals surface area contributed by atoms with Gasteiger partial charge >= 0.3 is 0 Å². The average Bonchev–Trinajstić information content (AvgIpc) is 3.31. The van der Waals surface area contributed by atoms with Crippen LogP contribution in [0.5, 0.6) is 0 Å². The van der Waals surface area contributed by atoms with Gasteiger partial charge in [-0.15, -0.1) is 0 Å². The molecule has 1 N–H and O–H groups in total. The molecule has 0 amide bonds. The maximum atomic E-state index is 14.4. The summed E-state index contributed by atoms with van der Waals surface area (Å²) >= 11 is 6.56. The maximum Gasteiger partial charge on any atom is 0.230 e. The molecule has 0 spiro atoms. The zero-order valence-electron chi connectivity index (χ0n) is 16.6. The molecule has 5 heterocycles. The summed E-state index contributed by atoms with van der Waals surface area (Å²) in [6.07, 6.45) is 4.85. The smallest absolute Gasteiger partial charge is 0.230 e. The van der Waals surface area contributed by atoms with Gasteiger partial charge in [-0.25, -0.2) is 14.4 Å². The Morgan fingerprint density at radius 3 is 2.93 bits per heavy atom. The number of carbonyl (C=O) groups is 1. The van der Waals surface area contributed by atoms with E-state index in [1.807, 2.05) is 12.1 Å². The molecular weight excluding hydrogens is 407 g/mol. The van der Waals surface area contributed by atoms with E-state index in [0.717, 1.165) is 25.3 Å². The SMILES string of the molecule is Cc1cn2cc(C(=O)c3ncc4cc(N5CCNC(C)C5)cc(Cl)n34)cc(F)c2n1. The minimum absolute atomic E-state index is 0.144. The third-order valence-electron chi connectivity index (χ3n) is 5.39. The number of aromatic nitrogens is 4. The Kier molecular flexibility index (Phi) is 4.48. The van der Waals surface area contributed by atoms with Crippen molar-refractivity contribution in [1.82, 2.24) is 24.1 Å². The molecule has 4 aromatic rings. The zero-order valence-corrected chi connectivity index (χ0v) is 17.3. The van der Waals surface area contributed by atoms with Gasteiger partial charge < -0.3 is 14.6 Å². The Bertz CT molecular complexity index is 1300. The van der Waals surface area contributed by atoms with Gasteiger partial charge in [-0.2, -0.15) is 0 Å². The Labute approximate surface area is 177 Å². The van der Waals surface area contributed by atoms with Crippen LogP contribution in [0.1, 0.15) is 28.8 Å². The number of nitrogens with one attached hydrogen (secondary N) is 1. The summed E-state index contributed by atoms with van der Waals surface area (Å²) in [4.78, 5) is 23.8. The van der Waals surface area contributed by atoms with Gasteiger partial charge in [0.05, 0.1) is 17.4 Å². The Balaban J connectivity index is 1.55. The van der Waals surface area contributed by atoms with Crippen LogP contribution in [0.4, 0.5) is 10.1 Å². The van der Waals surface area contributed by atoms with Crippen molar-refractivity contribution in [1.29, 1.82) is 0 Å². The fourth-order valence-corrected chi connectivity index (χ4v) is 4.30. The summed E-state index contributed by atoms with van der Waals surface area (Å²) in [6.45, 7) is 6.55. The minimum atomic E-state index is -0.559. The molecule has 1 saturated heterocycles. The number of piperazine rings is 1. The van der Waals surface area contributed by atoms with Crippen LogP contribution in [-0.4, -0.2) is 50.2 Å². The number of hydrogen-bond donors (Lipinski definition) is 1. The van der Waals surface area contributed by atoms with E-state index >= 15 is 0 Å². The number of imidazole rings is 2. The summed E-state index contributed by atoms with van der Waals surface area (Å²) in [6, 6.07) is 5.38. The van der Waals surface area contributed by atoms with Crippen LogP contribution in [-0.2, 0) is 0 Å². The molecule has 5 rings (SSSR count). The molecule has 7 nitrogen and oxygen atoms in total. The number of rotatable bonds is 3. The molecule has 0 saturated carbocycles. The van der Waals surface area contributed by atoms with Crippen molar-refractivity contribution >= 4 is 34.2 Å². The molecule has 0 aliphatic carbocycles. The first kappa shape index (κ1) is 19.0. The zero-order chi connectivity index (χ0) is 21.0. The molecule has 9 heteroatoms. The third-order valence-corrected chi connectivity index (χ3v) is 5.67. The molecule has 0 bridgehead atoms. The normalized spacial score (nSPS) is 17.2. The van der Waals surface area contributed by atoms with Crippen LogP contribution < -0.4 is 10.2 Å². The van der Waals surface area contributed by atoms with Gasteiger partial charge in [0, 0.05) is 49.3 Å². The fourth-order valence-electron chi connectivity index (χ4n) is 4.01. The number of aryl methyl sites for hydroxylation is 1. The van der Waals surface area contributed by atoms with Crippen molar-refractivity contribution in [3.05, 3.63) is 64.8 Å². The first-order valence-electron chi connectivity index (χ1n) is 9.75. The Morgan fingerprint density at radius 1 is 1.30 bits per heavy atom. The fraction of sp³-hybridized carbons (Fsp3) is 0.286. The van der Waals surface area contributed by atoms with Crippen molar-refractivity contribution in [3.8, 4) is 0 Å². The minimum Gasteiger partial charge on any atom is -0.369 e. The van der Waals surface area contributed by atoms with Crippen molar-refractivity contribution in [2.45, 2.75) is 19.9 Å². The van der Waals surface area contributed by atoms with Crippen LogP contribution in [0.3, 0.4) is 0 Å². The van der Waals surface area contributed by atoms with Crippen LogP contribution in [0.2, 0.25) is 5.15 Å². The number of nitrogens with zero attached hydrogens (tertiary/aromatic N) is 5. The van der Waals surface area contributed by atoms with Crippen molar-refractivity contribution < 1.29 is 9.18 Å². The summed E-state index contributed by atoms with van der Waals surface area (Å²) in [5.41, 5.74) is 2.74. The van der Waals surface area contributed by atoms with E-state index < -0.39 is 11.6 Å². The highest BCUT2D eigenvalue weighted by molar-refractivity contribution is 6.30. The summed E-state index contributed by atoms with van der Waals surface area (Å²) in [5.74, 6) is -0.825. The van der Waals surface area contributed by atoms with Crippen molar-refractivity contribution in [2.24, 2.45) is 0 Å². The molecular formula is C21H20ClFN6O. The van der Waals surface area contributed by atoms with E-state index in [9.17, 15) is 9.18 Å². The molecule has 1 unspecified atom stereocenters. The summed E-state index contributed by atoms with van der Waals surface area (Å²) in [5, 5.41) is 3.80. The van der Waals surface area contributed by atoms with Gasteiger partial charge in [0.15, 0.2) is 17.3 Å². The van der Waals surface area contributed by atoms with Gasteiger partial charge in [0.25, 0.3) is 0 Å². The topological polar surface area (TPSA) is 66.9 Å². The highest BCUT2D eigenvalue weighted by Gasteiger charge is 2.22. The van der Waals surface area contributed by atoms with Crippen LogP contribution in [0.25, 0.3) is 11.2 Å². The molecule has 154 valence electrons. The van der Waals surface area contributed by atoms with E-state index in [-0.39, 0.29) is 17.0 Å². The third kappa shape index (κ3) is 3.12. The van der Waals surface area contributed by atoms with Gasteiger partial charge in [-0.3, -0.25) is 9.20 Å². The largest absolute Gasteiger partial charge is 0.369 e. The molecule has 30 heavy (non-hydrogen) atoms. The van der Waals surface area contributed by atoms with E-state index in [0.29, 0.717) is 22.4 Å². The van der Waals surface area contributed by atoms with Gasteiger partial charge in [0.2, 0.25) is 5.78 Å². The first-order valence-corrected chi connectivity index (χ1v) is 10.1. The average molecular weight is 427 g/mol. The van der Waals surface area contributed by atoms with Crippen LogP contribution in [0.15, 0.2) is 36.8 Å². The lowest BCUT2D eigenvalue weighted by molar-refractivity contribution is 0.102. The molecule has 1 atom stereocenters. The lowest BCUT2D eigenvalue weighted by atomic mass is 10.1. The molecule has 0 aromatic carbocycles. The van der Waals surface area contributed by atoms with Crippen molar-refractivity contribution in [3.63, 3.8) is 0 Å². The molecule has 4 aromatic heterocycles. The lowest BCUT2D eigenvalue weighted by Crippen LogP contribution is -2.49. The second kappa shape index (κ2) is 7.07. The molecule has 0 radical (unpaired) electrons. The van der Waals surface area contributed by atoms with Crippen molar-refractivity contribution in [2.75, 3.05) is 24.5 Å². The summed E-state index contributed by atoms with van der Waals surface area (Å²) < 4.78 is 17.6. The molecule has 1 aliphatic heterocycles. The number of hydrogen-bond acceptors (Lipinski definition) is 5. The standard InChI is InChI=1S/C21H20ClFN6O/c1-12-9-27(4-3-24-12)15-6-16-8-25-21(29(16)18(22)7-15)19(30)14-5-17(23)20-26-13(2)10-28(20)11-14/h5-8,10-12,24H,3-4,9H2,1-2H3. The molecule has 1 aliphatic rings. The Hall–Kier alpha value is -2.97. The van der Waals surface area contributed by atoms with E-state index in [1.165, 1.54) is 10.5 Å². The number of anilines is 1. The van der Waals surface area contributed by atoms with E-state index in [4.69, 9.17) is 11.6 Å².